The Morgan fingerprint density at radius 2 is 1.66 bits per heavy atom. The van der Waals surface area contributed by atoms with Gasteiger partial charge in [0.1, 0.15) is 11.4 Å². The summed E-state index contributed by atoms with van der Waals surface area (Å²) in [4.78, 5) is 58.1. The molecule has 0 radical (unpaired) electrons. The van der Waals surface area contributed by atoms with Crippen LogP contribution in [-0.2, 0) is 16.0 Å². The van der Waals surface area contributed by atoms with Gasteiger partial charge in [-0.1, -0.05) is 24.3 Å². The van der Waals surface area contributed by atoms with Gasteiger partial charge < -0.3 is 19.4 Å². The van der Waals surface area contributed by atoms with E-state index >= 15 is 0 Å². The van der Waals surface area contributed by atoms with E-state index in [2.05, 4.69) is 10.2 Å². The van der Waals surface area contributed by atoms with Gasteiger partial charge in [-0.2, -0.15) is 5.10 Å². The van der Waals surface area contributed by atoms with Crippen molar-refractivity contribution in [2.75, 3.05) is 52.4 Å². The van der Waals surface area contributed by atoms with Gasteiger partial charge in [-0.15, -0.1) is 0 Å². The molecule has 44 heavy (non-hydrogen) atoms. The SMILES string of the molecule is C[C@@H]1CN(CC(=O)N2CCN(C(=O)c3cc(Cc4n[nH]c(=O)c5ccccc45)ccc3F)CC2)CCN1C(=O)OC(C)(C)C. The number of H-pyrrole nitrogens is 1. The van der Waals surface area contributed by atoms with Crippen LogP contribution in [0.25, 0.3) is 10.8 Å². The van der Waals surface area contributed by atoms with Crippen LogP contribution in [0, 0.1) is 5.82 Å². The molecule has 3 heterocycles. The summed E-state index contributed by atoms with van der Waals surface area (Å²) in [6.45, 7) is 10.6. The molecular weight excluding hydrogens is 567 g/mol. The molecule has 0 aliphatic carbocycles. The van der Waals surface area contributed by atoms with Crippen molar-refractivity contribution < 1.29 is 23.5 Å². The molecule has 2 aliphatic rings. The quantitative estimate of drug-likeness (QED) is 0.475. The van der Waals surface area contributed by atoms with E-state index in [4.69, 9.17) is 4.74 Å². The average molecular weight is 607 g/mol. The summed E-state index contributed by atoms with van der Waals surface area (Å²) in [7, 11) is 0. The van der Waals surface area contributed by atoms with Crippen LogP contribution in [0.1, 0.15) is 49.3 Å². The van der Waals surface area contributed by atoms with Gasteiger partial charge in [-0.05, 0) is 51.5 Å². The third-order valence-electron chi connectivity index (χ3n) is 8.03. The summed E-state index contributed by atoms with van der Waals surface area (Å²) < 4.78 is 20.4. The standard InChI is InChI=1S/C32H39FN6O5/c1-21-19-36(11-16-39(21)31(43)44-32(2,3)4)20-28(40)37-12-14-38(15-13-37)30(42)25-17-22(9-10-26(25)33)18-27-23-7-5-6-8-24(23)29(41)35-34-27/h5-10,17,21H,11-16,18-20H2,1-4H3,(H,35,41)/t21-/m1/s1. The van der Waals surface area contributed by atoms with E-state index in [1.165, 1.54) is 12.1 Å². The van der Waals surface area contributed by atoms with Crippen molar-refractivity contribution >= 4 is 28.7 Å². The van der Waals surface area contributed by atoms with E-state index in [1.807, 2.05) is 44.7 Å². The summed E-state index contributed by atoms with van der Waals surface area (Å²) in [5, 5.41) is 7.92. The molecule has 12 heteroatoms. The minimum atomic E-state index is -0.615. The molecular formula is C32H39FN6O5. The second-order valence-electron chi connectivity index (χ2n) is 12.5. The number of ether oxygens (including phenoxy) is 1. The van der Waals surface area contributed by atoms with Crippen molar-refractivity contribution in [1.29, 1.82) is 0 Å². The topological polar surface area (TPSA) is 119 Å². The number of nitrogens with one attached hydrogen (secondary N) is 1. The molecule has 11 nitrogen and oxygen atoms in total. The summed E-state index contributed by atoms with van der Waals surface area (Å²) in [6, 6.07) is 11.5. The smallest absolute Gasteiger partial charge is 0.410 e. The molecule has 3 amide bonds. The normalized spacial score (nSPS) is 18.0. The average Bonchev–Trinajstić information content (AvgIpc) is 2.98. The summed E-state index contributed by atoms with van der Waals surface area (Å²) in [6.07, 6.45) is -0.0366. The second-order valence-corrected chi connectivity index (χ2v) is 12.5. The van der Waals surface area contributed by atoms with Crippen molar-refractivity contribution in [1.82, 2.24) is 29.8 Å². The predicted octanol–water partition coefficient (Wildman–Crippen LogP) is 2.88. The number of hydrogen-bond acceptors (Lipinski definition) is 7. The highest BCUT2D eigenvalue weighted by Crippen LogP contribution is 2.21. The Morgan fingerprint density at radius 3 is 2.34 bits per heavy atom. The summed E-state index contributed by atoms with van der Waals surface area (Å²) in [5.41, 5.74) is 0.423. The van der Waals surface area contributed by atoms with Gasteiger partial charge in [0.2, 0.25) is 5.91 Å². The summed E-state index contributed by atoms with van der Waals surface area (Å²) >= 11 is 0. The zero-order valence-electron chi connectivity index (χ0n) is 25.6. The van der Waals surface area contributed by atoms with E-state index in [-0.39, 0.29) is 35.7 Å². The van der Waals surface area contributed by atoms with Crippen molar-refractivity contribution in [2.24, 2.45) is 0 Å². The number of halogens is 1. The van der Waals surface area contributed by atoms with Crippen LogP contribution in [-0.4, -0.2) is 112 Å². The lowest BCUT2D eigenvalue weighted by atomic mass is 10.0. The maximum absolute atomic E-state index is 14.9. The van der Waals surface area contributed by atoms with Gasteiger partial charge in [0.05, 0.1) is 23.2 Å². The Labute approximate surface area is 255 Å². The lowest BCUT2D eigenvalue weighted by Gasteiger charge is -2.41. The van der Waals surface area contributed by atoms with Gasteiger partial charge in [0.25, 0.3) is 11.5 Å². The number of aromatic nitrogens is 2. The van der Waals surface area contributed by atoms with E-state index in [0.717, 1.165) is 0 Å². The maximum atomic E-state index is 14.9. The Kier molecular flexibility index (Phi) is 9.00. The highest BCUT2D eigenvalue weighted by Gasteiger charge is 2.33. The van der Waals surface area contributed by atoms with E-state index in [0.29, 0.717) is 74.3 Å². The van der Waals surface area contributed by atoms with E-state index < -0.39 is 17.3 Å². The van der Waals surface area contributed by atoms with Crippen LogP contribution in [0.2, 0.25) is 0 Å². The third kappa shape index (κ3) is 7.07. The first-order valence-corrected chi connectivity index (χ1v) is 14.9. The monoisotopic (exact) mass is 606 g/mol. The molecule has 2 aromatic carbocycles. The van der Waals surface area contributed by atoms with Gasteiger partial charge in [0, 0.05) is 63.7 Å². The Morgan fingerprint density at radius 1 is 0.977 bits per heavy atom. The first kappa shape index (κ1) is 31.1. The van der Waals surface area contributed by atoms with E-state index in [9.17, 15) is 23.6 Å². The van der Waals surface area contributed by atoms with Gasteiger partial charge >= 0.3 is 6.09 Å². The number of hydrogen-bond donors (Lipinski definition) is 1. The molecule has 0 spiro atoms. The Hall–Kier alpha value is -4.32. The minimum Gasteiger partial charge on any atom is -0.444 e. The molecule has 0 unspecified atom stereocenters. The van der Waals surface area contributed by atoms with Crippen LogP contribution >= 0.6 is 0 Å². The van der Waals surface area contributed by atoms with Gasteiger partial charge in [0.15, 0.2) is 0 Å². The van der Waals surface area contributed by atoms with Crippen LogP contribution in [0.15, 0.2) is 47.3 Å². The number of carbonyl (C=O) groups is 3. The number of piperazine rings is 2. The molecule has 1 aromatic heterocycles. The van der Waals surface area contributed by atoms with Gasteiger partial charge in [-0.25, -0.2) is 14.3 Å². The number of amides is 3. The van der Waals surface area contributed by atoms with E-state index in [1.54, 1.807) is 32.9 Å². The number of aromatic amines is 1. The van der Waals surface area contributed by atoms with Crippen molar-refractivity contribution in [2.45, 2.75) is 45.8 Å². The van der Waals surface area contributed by atoms with Crippen LogP contribution in [0.5, 0.6) is 0 Å². The van der Waals surface area contributed by atoms with Crippen LogP contribution in [0.4, 0.5) is 9.18 Å². The molecule has 234 valence electrons. The van der Waals surface area contributed by atoms with Crippen molar-refractivity contribution in [3.8, 4) is 0 Å². The molecule has 2 aliphatic heterocycles. The lowest BCUT2D eigenvalue weighted by molar-refractivity contribution is -0.134. The first-order valence-electron chi connectivity index (χ1n) is 14.9. The van der Waals surface area contributed by atoms with Crippen molar-refractivity contribution in [3.05, 3.63) is 75.5 Å². The Bertz CT molecular complexity index is 1610. The minimum absolute atomic E-state index is 0.0344. The number of carbonyl (C=O) groups excluding carboxylic acids is 3. The lowest BCUT2D eigenvalue weighted by Crippen LogP contribution is -2.58. The number of fused-ring (bicyclic) bond motifs is 1. The fraction of sp³-hybridized carbons (Fsp3) is 0.469. The fourth-order valence-corrected chi connectivity index (χ4v) is 5.73. The number of nitrogens with zero attached hydrogens (tertiary/aromatic N) is 5. The van der Waals surface area contributed by atoms with Crippen molar-refractivity contribution in [3.63, 3.8) is 0 Å². The van der Waals surface area contributed by atoms with Crippen LogP contribution in [0.3, 0.4) is 0 Å². The van der Waals surface area contributed by atoms with Crippen LogP contribution < -0.4 is 5.56 Å². The molecule has 5 rings (SSSR count). The number of rotatable bonds is 5. The highest BCUT2D eigenvalue weighted by molar-refractivity contribution is 5.95. The molecule has 0 bridgehead atoms. The molecule has 0 saturated carbocycles. The molecule has 3 aromatic rings. The first-order chi connectivity index (χ1) is 20.9. The maximum Gasteiger partial charge on any atom is 0.410 e. The second kappa shape index (κ2) is 12.7. The molecule has 2 fully saturated rings. The van der Waals surface area contributed by atoms with Gasteiger partial charge in [-0.3, -0.25) is 19.3 Å². The molecule has 2 saturated heterocycles. The zero-order chi connectivity index (χ0) is 31.6. The Balaban J connectivity index is 1.16. The largest absolute Gasteiger partial charge is 0.444 e. The zero-order valence-corrected chi connectivity index (χ0v) is 25.6. The molecule has 1 N–H and O–H groups in total. The predicted molar refractivity (Wildman–Crippen MR) is 163 cm³/mol. The highest BCUT2D eigenvalue weighted by atomic mass is 19.1. The number of benzene rings is 2. The molecule has 1 atom stereocenters. The third-order valence-corrected chi connectivity index (χ3v) is 8.03. The fourth-order valence-electron chi connectivity index (χ4n) is 5.73. The summed E-state index contributed by atoms with van der Waals surface area (Å²) in [5.74, 6) is -1.08.